The van der Waals surface area contributed by atoms with Crippen molar-refractivity contribution in [1.29, 1.82) is 0 Å². The molecule has 0 unspecified atom stereocenters. The van der Waals surface area contributed by atoms with E-state index in [-0.39, 0.29) is 5.41 Å². The largest absolute Gasteiger partial charge is 0.356 e. The van der Waals surface area contributed by atoms with Crippen LogP contribution < -0.4 is 11.5 Å². The zero-order chi connectivity index (χ0) is 13.9. The first-order valence-electron chi connectivity index (χ1n) is 7.11. The minimum absolute atomic E-state index is 0.155. The summed E-state index contributed by atoms with van der Waals surface area (Å²) in [5.41, 5.74) is 11.2. The molecule has 108 valence electrons. The van der Waals surface area contributed by atoms with Gasteiger partial charge in [0.15, 0.2) is 0 Å². The first-order chi connectivity index (χ1) is 9.11. The van der Waals surface area contributed by atoms with Gasteiger partial charge in [-0.05, 0) is 13.8 Å². The minimum Gasteiger partial charge on any atom is -0.356 e. The highest BCUT2D eigenvalue weighted by Gasteiger charge is 2.40. The Morgan fingerprint density at radius 3 is 1.74 bits per heavy atom. The third-order valence-corrected chi connectivity index (χ3v) is 3.78. The molecule has 0 spiro atoms. The van der Waals surface area contributed by atoms with Gasteiger partial charge >= 0.3 is 0 Å². The molecule has 0 aliphatic carbocycles. The summed E-state index contributed by atoms with van der Waals surface area (Å²) in [6, 6.07) is 0. The van der Waals surface area contributed by atoms with Crippen molar-refractivity contribution in [3.8, 4) is 0 Å². The van der Waals surface area contributed by atoms with Crippen molar-refractivity contribution < 1.29 is 0 Å². The molecule has 0 bridgehead atoms. The molecule has 19 heavy (non-hydrogen) atoms. The highest BCUT2D eigenvalue weighted by molar-refractivity contribution is 6.10. The van der Waals surface area contributed by atoms with Crippen molar-refractivity contribution in [3.05, 3.63) is 0 Å². The fourth-order valence-corrected chi connectivity index (χ4v) is 3.00. The summed E-state index contributed by atoms with van der Waals surface area (Å²) in [7, 11) is 0. The number of rotatable bonds is 6. The van der Waals surface area contributed by atoms with Crippen LogP contribution in [0.1, 0.15) is 13.8 Å². The van der Waals surface area contributed by atoms with E-state index in [1.807, 2.05) is 0 Å². The van der Waals surface area contributed by atoms with Crippen LogP contribution in [0.3, 0.4) is 0 Å². The number of hydrogen-bond donors (Lipinski definition) is 2. The molecule has 2 aliphatic rings. The van der Waals surface area contributed by atoms with E-state index in [4.69, 9.17) is 21.5 Å². The molecule has 2 aliphatic heterocycles. The predicted octanol–water partition coefficient (Wildman–Crippen LogP) is -0.642. The van der Waals surface area contributed by atoms with Gasteiger partial charge in [-0.25, -0.2) is 0 Å². The van der Waals surface area contributed by atoms with Gasteiger partial charge in [-0.1, -0.05) is 0 Å². The van der Waals surface area contributed by atoms with Crippen LogP contribution in [0.4, 0.5) is 0 Å². The molecule has 2 heterocycles. The van der Waals surface area contributed by atoms with Crippen LogP contribution in [0.15, 0.2) is 9.98 Å². The minimum atomic E-state index is -0.155. The molecule has 0 aromatic carbocycles. The molecule has 0 aromatic rings. The normalized spacial score (nSPS) is 20.0. The zero-order valence-electron chi connectivity index (χ0n) is 12.1. The molecule has 2 rings (SSSR count). The average Bonchev–Trinajstić information content (AvgIpc) is 2.99. The van der Waals surface area contributed by atoms with E-state index in [2.05, 4.69) is 23.6 Å². The monoisotopic (exact) mass is 266 g/mol. The van der Waals surface area contributed by atoms with Crippen molar-refractivity contribution in [2.45, 2.75) is 13.8 Å². The van der Waals surface area contributed by atoms with Crippen LogP contribution in [-0.4, -0.2) is 73.8 Å². The van der Waals surface area contributed by atoms with E-state index in [0.29, 0.717) is 13.1 Å². The second-order valence-corrected chi connectivity index (χ2v) is 5.59. The summed E-state index contributed by atoms with van der Waals surface area (Å²) in [6.45, 7) is 11.1. The maximum Gasteiger partial charge on any atom is 0.112 e. The third-order valence-electron chi connectivity index (χ3n) is 3.78. The lowest BCUT2D eigenvalue weighted by atomic mass is 9.88. The van der Waals surface area contributed by atoms with E-state index >= 15 is 0 Å². The second kappa shape index (κ2) is 5.88. The van der Waals surface area contributed by atoms with Crippen molar-refractivity contribution >= 4 is 11.7 Å². The molecule has 0 saturated carbocycles. The van der Waals surface area contributed by atoms with Crippen LogP contribution in [0.25, 0.3) is 0 Å². The summed E-state index contributed by atoms with van der Waals surface area (Å²) in [6.07, 6.45) is 0. The van der Waals surface area contributed by atoms with Gasteiger partial charge in [0.05, 0.1) is 18.5 Å². The SMILES string of the molecule is CC(C)(C1=NCCN1CCN)C1=NCCN1CCN. The number of hydrogen-bond acceptors (Lipinski definition) is 6. The Kier molecular flexibility index (Phi) is 4.42. The van der Waals surface area contributed by atoms with Crippen LogP contribution in [0.5, 0.6) is 0 Å². The fraction of sp³-hybridized carbons (Fsp3) is 0.846. The first kappa shape index (κ1) is 14.3. The molecule has 0 atom stereocenters. The summed E-state index contributed by atoms with van der Waals surface area (Å²) >= 11 is 0. The Hall–Kier alpha value is -1.14. The molecule has 0 radical (unpaired) electrons. The summed E-state index contributed by atoms with van der Waals surface area (Å²) in [4.78, 5) is 14.0. The lowest BCUT2D eigenvalue weighted by molar-refractivity contribution is 0.402. The summed E-state index contributed by atoms with van der Waals surface area (Å²) < 4.78 is 0. The summed E-state index contributed by atoms with van der Waals surface area (Å²) in [5, 5.41) is 0. The van der Waals surface area contributed by atoms with E-state index < -0.39 is 0 Å². The van der Waals surface area contributed by atoms with Crippen molar-refractivity contribution in [2.24, 2.45) is 26.9 Å². The maximum atomic E-state index is 5.69. The van der Waals surface area contributed by atoms with E-state index in [1.54, 1.807) is 0 Å². The lowest BCUT2D eigenvalue weighted by Crippen LogP contribution is -2.50. The smallest absolute Gasteiger partial charge is 0.112 e. The quantitative estimate of drug-likeness (QED) is 0.670. The van der Waals surface area contributed by atoms with Gasteiger partial charge in [-0.15, -0.1) is 0 Å². The van der Waals surface area contributed by atoms with Crippen LogP contribution >= 0.6 is 0 Å². The molecular weight excluding hydrogens is 240 g/mol. The Labute approximate surface area is 115 Å². The highest BCUT2D eigenvalue weighted by atomic mass is 15.3. The van der Waals surface area contributed by atoms with E-state index in [1.165, 1.54) is 0 Å². The van der Waals surface area contributed by atoms with Gasteiger partial charge in [-0.2, -0.15) is 0 Å². The molecule has 6 heteroatoms. The van der Waals surface area contributed by atoms with Crippen LogP contribution in [0.2, 0.25) is 0 Å². The van der Waals surface area contributed by atoms with Gasteiger partial charge in [0.25, 0.3) is 0 Å². The molecular formula is C13H26N6. The fourth-order valence-electron chi connectivity index (χ4n) is 3.00. The number of nitrogens with zero attached hydrogens (tertiary/aromatic N) is 4. The van der Waals surface area contributed by atoms with E-state index in [9.17, 15) is 0 Å². The molecule has 0 aromatic heterocycles. The first-order valence-corrected chi connectivity index (χ1v) is 7.11. The topological polar surface area (TPSA) is 83.2 Å². The molecule has 4 N–H and O–H groups in total. The zero-order valence-corrected chi connectivity index (χ0v) is 12.1. The molecule has 0 fully saturated rings. The number of aliphatic imine (C=N–C) groups is 2. The van der Waals surface area contributed by atoms with Crippen LogP contribution in [-0.2, 0) is 0 Å². The van der Waals surface area contributed by atoms with Crippen molar-refractivity contribution in [3.63, 3.8) is 0 Å². The maximum absolute atomic E-state index is 5.69. The second-order valence-electron chi connectivity index (χ2n) is 5.59. The van der Waals surface area contributed by atoms with Gasteiger partial charge in [0, 0.05) is 39.3 Å². The molecule has 0 amide bonds. The Balaban J connectivity index is 2.17. The average molecular weight is 266 g/mol. The number of amidine groups is 2. The predicted molar refractivity (Wildman–Crippen MR) is 79.6 cm³/mol. The number of nitrogens with two attached hydrogens (primary N) is 2. The molecule has 0 saturated heterocycles. The Morgan fingerprint density at radius 2 is 1.37 bits per heavy atom. The summed E-state index contributed by atoms with van der Waals surface area (Å²) in [5.74, 6) is 2.25. The van der Waals surface area contributed by atoms with Gasteiger partial charge in [0.2, 0.25) is 0 Å². The third kappa shape index (κ3) is 2.74. The van der Waals surface area contributed by atoms with E-state index in [0.717, 1.165) is 50.9 Å². The van der Waals surface area contributed by atoms with Gasteiger partial charge in [0.1, 0.15) is 11.7 Å². The van der Waals surface area contributed by atoms with Gasteiger partial charge in [-0.3, -0.25) is 9.98 Å². The lowest BCUT2D eigenvalue weighted by Gasteiger charge is -2.36. The standard InChI is InChI=1S/C13H26N6/c1-13(2,11-16-5-9-18(11)7-3-14)12-17-6-10-19(12)8-4-15/h3-10,14-15H2,1-2H3. The van der Waals surface area contributed by atoms with Crippen molar-refractivity contribution in [1.82, 2.24) is 9.80 Å². The Bertz CT molecular complexity index is 339. The highest BCUT2D eigenvalue weighted by Crippen LogP contribution is 2.28. The molecule has 6 nitrogen and oxygen atoms in total. The van der Waals surface area contributed by atoms with Crippen molar-refractivity contribution in [2.75, 3.05) is 52.4 Å². The Morgan fingerprint density at radius 1 is 0.947 bits per heavy atom. The van der Waals surface area contributed by atoms with Crippen LogP contribution in [0, 0.1) is 5.41 Å². The van der Waals surface area contributed by atoms with Gasteiger partial charge < -0.3 is 21.3 Å².